The summed E-state index contributed by atoms with van der Waals surface area (Å²) in [6.07, 6.45) is 10.8. The van der Waals surface area contributed by atoms with Crippen LogP contribution in [0.25, 0.3) is 0 Å². The molecule has 4 rings (SSSR count). The maximum atomic E-state index is 13.3. The van der Waals surface area contributed by atoms with Crippen molar-refractivity contribution in [1.82, 2.24) is 5.32 Å². The van der Waals surface area contributed by atoms with Crippen molar-refractivity contribution in [2.45, 2.75) is 92.5 Å². The Morgan fingerprint density at radius 2 is 1.54 bits per heavy atom. The molecule has 2 saturated carbocycles. The van der Waals surface area contributed by atoms with Crippen molar-refractivity contribution >= 4 is 9.84 Å². The molecule has 26 heavy (non-hydrogen) atoms. The molecule has 0 spiro atoms. The molecule has 0 aromatic heterocycles. The molecule has 5 heteroatoms. The van der Waals surface area contributed by atoms with Gasteiger partial charge in [-0.2, -0.15) is 0 Å². The van der Waals surface area contributed by atoms with Gasteiger partial charge in [0.2, 0.25) is 0 Å². The summed E-state index contributed by atoms with van der Waals surface area (Å²) >= 11 is 0. The molecule has 0 saturated heterocycles. The Hall–Kier alpha value is -0.910. The second kappa shape index (κ2) is 7.61. The number of hydrogen-bond donors (Lipinski definition) is 2. The SMILES string of the molecule is O=S1(=O)c2ccccc2C(O)C1C(NC1CCCCC1)C1CCCCC1. The van der Waals surface area contributed by atoms with E-state index in [4.69, 9.17) is 0 Å². The van der Waals surface area contributed by atoms with Crippen LogP contribution in [-0.2, 0) is 9.84 Å². The summed E-state index contributed by atoms with van der Waals surface area (Å²) in [6, 6.07) is 7.26. The lowest BCUT2D eigenvalue weighted by molar-refractivity contribution is 0.126. The van der Waals surface area contributed by atoms with E-state index in [1.807, 2.05) is 6.07 Å². The number of nitrogens with one attached hydrogen (secondary N) is 1. The van der Waals surface area contributed by atoms with E-state index in [1.165, 1.54) is 38.5 Å². The molecular weight excluding hydrogens is 346 g/mol. The highest BCUT2D eigenvalue weighted by Gasteiger charge is 2.50. The Kier molecular flexibility index (Phi) is 5.40. The number of rotatable bonds is 4. The number of aliphatic hydroxyl groups is 1. The molecule has 1 heterocycles. The lowest BCUT2D eigenvalue weighted by atomic mass is 9.80. The molecular formula is C21H31NO3S. The number of sulfone groups is 1. The second-order valence-electron chi connectivity index (χ2n) is 8.42. The van der Waals surface area contributed by atoms with Crippen LogP contribution < -0.4 is 5.32 Å². The van der Waals surface area contributed by atoms with E-state index >= 15 is 0 Å². The smallest absolute Gasteiger partial charge is 0.186 e. The van der Waals surface area contributed by atoms with Crippen LogP contribution >= 0.6 is 0 Å². The first-order chi connectivity index (χ1) is 12.6. The summed E-state index contributed by atoms with van der Waals surface area (Å²) in [7, 11) is -3.51. The summed E-state index contributed by atoms with van der Waals surface area (Å²) in [5.41, 5.74) is 0.587. The highest BCUT2D eigenvalue weighted by atomic mass is 32.2. The van der Waals surface area contributed by atoms with Crippen LogP contribution in [0.4, 0.5) is 0 Å². The molecule has 0 radical (unpaired) electrons. The van der Waals surface area contributed by atoms with E-state index in [2.05, 4.69) is 5.32 Å². The van der Waals surface area contributed by atoms with Gasteiger partial charge in [0.1, 0.15) is 5.25 Å². The van der Waals surface area contributed by atoms with E-state index in [-0.39, 0.29) is 6.04 Å². The Morgan fingerprint density at radius 1 is 0.923 bits per heavy atom. The van der Waals surface area contributed by atoms with Crippen LogP contribution in [0.2, 0.25) is 0 Å². The molecule has 2 N–H and O–H groups in total. The fraction of sp³-hybridized carbons (Fsp3) is 0.714. The minimum Gasteiger partial charge on any atom is -0.387 e. The molecule has 3 aliphatic rings. The highest BCUT2D eigenvalue weighted by Crippen LogP contribution is 2.44. The number of aliphatic hydroxyl groups excluding tert-OH is 1. The van der Waals surface area contributed by atoms with Gasteiger partial charge in [0.05, 0.1) is 11.0 Å². The summed E-state index contributed by atoms with van der Waals surface area (Å²) in [6.45, 7) is 0. The zero-order valence-electron chi connectivity index (χ0n) is 15.4. The van der Waals surface area contributed by atoms with Crippen LogP contribution in [0.1, 0.15) is 75.9 Å². The van der Waals surface area contributed by atoms with Gasteiger partial charge in [-0.25, -0.2) is 8.42 Å². The zero-order valence-corrected chi connectivity index (χ0v) is 16.3. The summed E-state index contributed by atoms with van der Waals surface area (Å²) in [5, 5.41) is 14.0. The van der Waals surface area contributed by atoms with Gasteiger partial charge in [-0.1, -0.05) is 56.7 Å². The quantitative estimate of drug-likeness (QED) is 0.839. The first-order valence-electron chi connectivity index (χ1n) is 10.4. The standard InChI is InChI=1S/C21H31NO3S/c23-20-17-13-7-8-14-18(17)26(24,25)21(20)19(15-9-3-1-4-10-15)22-16-11-5-2-6-12-16/h7-8,13-16,19-23H,1-6,9-12H2. The topological polar surface area (TPSA) is 66.4 Å². The molecule has 3 unspecified atom stereocenters. The second-order valence-corrected chi connectivity index (χ2v) is 10.5. The molecule has 1 aromatic carbocycles. The largest absolute Gasteiger partial charge is 0.387 e. The van der Waals surface area contributed by atoms with E-state index in [9.17, 15) is 13.5 Å². The normalized spacial score (nSPS) is 30.8. The van der Waals surface area contributed by atoms with Crippen molar-refractivity contribution in [3.63, 3.8) is 0 Å². The monoisotopic (exact) mass is 377 g/mol. The van der Waals surface area contributed by atoms with Gasteiger partial charge in [-0.05, 0) is 37.7 Å². The minimum absolute atomic E-state index is 0.147. The molecule has 2 aliphatic carbocycles. The molecule has 0 amide bonds. The van der Waals surface area contributed by atoms with Crippen molar-refractivity contribution in [2.24, 2.45) is 5.92 Å². The number of benzene rings is 1. The van der Waals surface area contributed by atoms with Crippen LogP contribution in [0.3, 0.4) is 0 Å². The number of hydrogen-bond acceptors (Lipinski definition) is 4. The fourth-order valence-electron chi connectivity index (χ4n) is 5.40. The first-order valence-corrected chi connectivity index (χ1v) is 11.9. The van der Waals surface area contributed by atoms with E-state index < -0.39 is 21.2 Å². The lowest BCUT2D eigenvalue weighted by Crippen LogP contribution is -2.53. The maximum Gasteiger partial charge on any atom is 0.186 e. The highest BCUT2D eigenvalue weighted by molar-refractivity contribution is 7.92. The van der Waals surface area contributed by atoms with E-state index in [0.29, 0.717) is 22.4 Å². The molecule has 0 bridgehead atoms. The predicted molar refractivity (Wildman–Crippen MR) is 103 cm³/mol. The zero-order chi connectivity index (χ0) is 18.1. The Labute approximate surface area is 157 Å². The third-order valence-electron chi connectivity index (χ3n) is 6.76. The van der Waals surface area contributed by atoms with Gasteiger partial charge < -0.3 is 10.4 Å². The van der Waals surface area contributed by atoms with Crippen LogP contribution in [0, 0.1) is 5.92 Å². The summed E-state index contributed by atoms with van der Waals surface area (Å²) in [5.74, 6) is 0.342. The minimum atomic E-state index is -3.51. The third kappa shape index (κ3) is 3.34. The van der Waals surface area contributed by atoms with Crippen molar-refractivity contribution in [3.8, 4) is 0 Å². The fourth-order valence-corrected chi connectivity index (χ4v) is 7.65. The van der Waals surface area contributed by atoms with Crippen molar-refractivity contribution in [2.75, 3.05) is 0 Å². The Morgan fingerprint density at radius 3 is 2.19 bits per heavy atom. The van der Waals surface area contributed by atoms with Gasteiger partial charge in [-0.15, -0.1) is 0 Å². The van der Waals surface area contributed by atoms with Crippen molar-refractivity contribution in [3.05, 3.63) is 29.8 Å². The van der Waals surface area contributed by atoms with Crippen LogP contribution in [0.15, 0.2) is 29.2 Å². The number of fused-ring (bicyclic) bond motifs is 1. The Balaban J connectivity index is 1.66. The van der Waals surface area contributed by atoms with Crippen LogP contribution in [-0.4, -0.2) is 30.9 Å². The first kappa shape index (κ1) is 18.5. The maximum absolute atomic E-state index is 13.3. The average Bonchev–Trinajstić information content (AvgIpc) is 2.88. The molecule has 2 fully saturated rings. The molecule has 1 aromatic rings. The third-order valence-corrected chi connectivity index (χ3v) is 9.01. The average molecular weight is 378 g/mol. The molecule has 1 aliphatic heterocycles. The summed E-state index contributed by atoms with van der Waals surface area (Å²) in [4.78, 5) is 0.337. The Bertz CT molecular complexity index is 721. The summed E-state index contributed by atoms with van der Waals surface area (Å²) < 4.78 is 26.6. The van der Waals surface area contributed by atoms with Gasteiger partial charge >= 0.3 is 0 Å². The van der Waals surface area contributed by atoms with Gasteiger partial charge in [0, 0.05) is 17.6 Å². The van der Waals surface area contributed by atoms with E-state index in [0.717, 1.165) is 25.7 Å². The van der Waals surface area contributed by atoms with Crippen molar-refractivity contribution in [1.29, 1.82) is 0 Å². The van der Waals surface area contributed by atoms with Crippen LogP contribution in [0.5, 0.6) is 0 Å². The van der Waals surface area contributed by atoms with E-state index in [1.54, 1.807) is 18.2 Å². The lowest BCUT2D eigenvalue weighted by Gasteiger charge is -2.39. The molecule has 4 nitrogen and oxygen atoms in total. The molecule has 144 valence electrons. The van der Waals surface area contributed by atoms with Gasteiger partial charge in [-0.3, -0.25) is 0 Å². The van der Waals surface area contributed by atoms with Gasteiger partial charge in [0.15, 0.2) is 9.84 Å². The molecule has 3 atom stereocenters. The predicted octanol–water partition coefficient (Wildman–Crippen LogP) is 3.75. The van der Waals surface area contributed by atoms with Gasteiger partial charge in [0.25, 0.3) is 0 Å². The van der Waals surface area contributed by atoms with Crippen molar-refractivity contribution < 1.29 is 13.5 Å².